The molecule has 0 atom stereocenters. The van der Waals surface area contributed by atoms with Crippen LogP contribution < -0.4 is 4.90 Å². The summed E-state index contributed by atoms with van der Waals surface area (Å²) >= 11 is 6.24. The molecule has 7 nitrogen and oxygen atoms in total. The molecule has 0 bridgehead atoms. The molecule has 1 N–H and O–H groups in total. The van der Waals surface area contributed by atoms with E-state index in [0.29, 0.717) is 46.5 Å². The van der Waals surface area contributed by atoms with Crippen LogP contribution in [0.5, 0.6) is 5.75 Å². The van der Waals surface area contributed by atoms with Gasteiger partial charge in [-0.2, -0.15) is 0 Å². The van der Waals surface area contributed by atoms with Crippen molar-refractivity contribution in [1.82, 2.24) is 14.9 Å². The maximum absolute atomic E-state index is 12.6. The molecule has 0 radical (unpaired) electrons. The number of hydrogen-bond acceptors (Lipinski definition) is 7. The van der Waals surface area contributed by atoms with E-state index in [2.05, 4.69) is 14.8 Å². The van der Waals surface area contributed by atoms with E-state index >= 15 is 0 Å². The van der Waals surface area contributed by atoms with E-state index in [1.54, 1.807) is 48.5 Å². The molecule has 4 aromatic rings. The van der Waals surface area contributed by atoms with E-state index in [0.717, 1.165) is 24.3 Å². The van der Waals surface area contributed by atoms with E-state index in [4.69, 9.17) is 16.6 Å². The van der Waals surface area contributed by atoms with Crippen molar-refractivity contribution in [3.05, 3.63) is 77.8 Å². The van der Waals surface area contributed by atoms with Gasteiger partial charge in [0.1, 0.15) is 11.6 Å². The summed E-state index contributed by atoms with van der Waals surface area (Å²) in [6.07, 6.45) is 0. The third-order valence-electron chi connectivity index (χ3n) is 6.23. The number of phenols is 1. The highest BCUT2D eigenvalue weighted by molar-refractivity contribution is 7.91. The highest BCUT2D eigenvalue weighted by Crippen LogP contribution is 2.33. The first kappa shape index (κ1) is 23.5. The van der Waals surface area contributed by atoms with Gasteiger partial charge in [-0.15, -0.1) is 0 Å². The fraction of sp³-hybridized carbons (Fsp3) is 0.231. The van der Waals surface area contributed by atoms with Gasteiger partial charge in [-0.25, -0.2) is 18.4 Å². The highest BCUT2D eigenvalue weighted by atomic mass is 35.5. The molecule has 0 amide bonds. The molecule has 5 rings (SSSR count). The van der Waals surface area contributed by atoms with Gasteiger partial charge in [0.05, 0.1) is 21.7 Å². The number of anilines is 1. The minimum atomic E-state index is -3.31. The first-order chi connectivity index (χ1) is 16.9. The number of aromatic hydroxyl groups is 1. The van der Waals surface area contributed by atoms with Crippen molar-refractivity contribution in [3.8, 4) is 17.1 Å². The number of sulfone groups is 1. The number of hydrogen-bond donors (Lipinski definition) is 1. The number of nitrogens with zero attached hydrogens (tertiary/aromatic N) is 4. The summed E-state index contributed by atoms with van der Waals surface area (Å²) in [7, 11) is -3.31. The summed E-state index contributed by atoms with van der Waals surface area (Å²) in [4.78, 5) is 14.2. The Kier molecular flexibility index (Phi) is 6.60. The molecule has 1 aromatic heterocycles. The van der Waals surface area contributed by atoms with Crippen molar-refractivity contribution >= 4 is 38.2 Å². The monoisotopic (exact) mass is 508 g/mol. The van der Waals surface area contributed by atoms with Gasteiger partial charge < -0.3 is 10.0 Å². The van der Waals surface area contributed by atoms with Crippen LogP contribution in [-0.4, -0.2) is 66.9 Å². The predicted molar refractivity (Wildman–Crippen MR) is 139 cm³/mol. The maximum Gasteiger partial charge on any atom is 0.179 e. The van der Waals surface area contributed by atoms with Crippen molar-refractivity contribution in [2.24, 2.45) is 0 Å². The molecular weight excluding hydrogens is 484 g/mol. The minimum Gasteiger partial charge on any atom is -0.507 e. The molecular formula is C26H25ClN4O3S. The molecule has 3 aromatic carbocycles. The molecule has 1 aliphatic rings. The Morgan fingerprint density at radius 3 is 2.34 bits per heavy atom. The van der Waals surface area contributed by atoms with Crippen molar-refractivity contribution in [2.75, 3.05) is 43.4 Å². The number of para-hydroxylation sites is 1. The lowest BCUT2D eigenvalue weighted by atomic mass is 10.1. The predicted octanol–water partition coefficient (Wildman–Crippen LogP) is 4.25. The Morgan fingerprint density at radius 1 is 0.886 bits per heavy atom. The quantitative estimate of drug-likeness (QED) is 0.416. The summed E-state index contributed by atoms with van der Waals surface area (Å²) in [5, 5.41) is 11.8. The third kappa shape index (κ3) is 5.10. The average Bonchev–Trinajstić information content (AvgIpc) is 2.88. The number of benzene rings is 3. The van der Waals surface area contributed by atoms with Gasteiger partial charge in [0.25, 0.3) is 0 Å². The van der Waals surface area contributed by atoms with Gasteiger partial charge in [0.15, 0.2) is 15.7 Å². The van der Waals surface area contributed by atoms with E-state index in [-0.39, 0.29) is 11.5 Å². The standard InChI is InChI=1S/C26H25ClN4O3S/c27-19-10-11-21-23(18-19)28-25(22-8-4-5-9-24(22)32)29-26(21)31-14-12-30(13-15-31)16-17-35(33,34)20-6-2-1-3-7-20/h1-11,18,32H,12-17H2. The van der Waals surface area contributed by atoms with Gasteiger partial charge >= 0.3 is 0 Å². The van der Waals surface area contributed by atoms with Crippen molar-refractivity contribution < 1.29 is 13.5 Å². The normalized spacial score (nSPS) is 14.9. The van der Waals surface area contributed by atoms with E-state index in [1.807, 2.05) is 24.3 Å². The summed E-state index contributed by atoms with van der Waals surface area (Å²) in [5.41, 5.74) is 1.26. The minimum absolute atomic E-state index is 0.0867. The second kappa shape index (κ2) is 9.81. The highest BCUT2D eigenvalue weighted by Gasteiger charge is 2.23. The lowest BCUT2D eigenvalue weighted by Gasteiger charge is -2.35. The molecule has 0 unspecified atom stereocenters. The molecule has 1 aliphatic heterocycles. The van der Waals surface area contributed by atoms with Gasteiger partial charge in [0.2, 0.25) is 0 Å². The van der Waals surface area contributed by atoms with Crippen molar-refractivity contribution in [3.63, 3.8) is 0 Å². The Balaban J connectivity index is 1.35. The SMILES string of the molecule is O=S(=O)(CCN1CCN(c2nc(-c3ccccc3O)nc3cc(Cl)ccc23)CC1)c1ccccc1. The van der Waals surface area contributed by atoms with Crippen LogP contribution in [-0.2, 0) is 9.84 Å². The topological polar surface area (TPSA) is 86.6 Å². The number of aromatic nitrogens is 2. The molecule has 35 heavy (non-hydrogen) atoms. The zero-order chi connectivity index (χ0) is 24.4. The fourth-order valence-corrected chi connectivity index (χ4v) is 5.76. The van der Waals surface area contributed by atoms with Gasteiger partial charge in [-0.3, -0.25) is 4.90 Å². The lowest BCUT2D eigenvalue weighted by molar-refractivity contribution is 0.271. The maximum atomic E-state index is 12.6. The summed E-state index contributed by atoms with van der Waals surface area (Å²) < 4.78 is 25.3. The number of piperazine rings is 1. The number of fused-ring (bicyclic) bond motifs is 1. The van der Waals surface area contributed by atoms with E-state index in [1.165, 1.54) is 0 Å². The lowest BCUT2D eigenvalue weighted by Crippen LogP contribution is -2.48. The van der Waals surface area contributed by atoms with Crippen LogP contribution in [0.3, 0.4) is 0 Å². The Morgan fingerprint density at radius 2 is 1.60 bits per heavy atom. The van der Waals surface area contributed by atoms with Crippen LogP contribution in [0.4, 0.5) is 5.82 Å². The Hall–Kier alpha value is -3.20. The fourth-order valence-electron chi connectivity index (χ4n) is 4.29. The zero-order valence-electron chi connectivity index (χ0n) is 19.0. The van der Waals surface area contributed by atoms with Gasteiger partial charge in [0, 0.05) is 43.1 Å². The molecule has 180 valence electrons. The molecule has 1 fully saturated rings. The van der Waals surface area contributed by atoms with E-state index in [9.17, 15) is 13.5 Å². The van der Waals surface area contributed by atoms with Gasteiger partial charge in [-0.05, 0) is 42.5 Å². The third-order valence-corrected chi connectivity index (χ3v) is 8.18. The van der Waals surface area contributed by atoms with Crippen LogP contribution in [0.2, 0.25) is 5.02 Å². The molecule has 9 heteroatoms. The summed E-state index contributed by atoms with van der Waals surface area (Å²) in [5.74, 6) is 1.42. The first-order valence-electron chi connectivity index (χ1n) is 11.4. The second-order valence-corrected chi connectivity index (χ2v) is 11.1. The number of phenolic OH excluding ortho intramolecular Hbond substituents is 1. The molecule has 0 saturated carbocycles. The second-order valence-electron chi connectivity index (χ2n) is 8.51. The van der Waals surface area contributed by atoms with Crippen LogP contribution in [0.1, 0.15) is 0 Å². The van der Waals surface area contributed by atoms with Crippen LogP contribution in [0.25, 0.3) is 22.3 Å². The smallest absolute Gasteiger partial charge is 0.179 e. The average molecular weight is 509 g/mol. The molecule has 0 spiro atoms. The first-order valence-corrected chi connectivity index (χ1v) is 13.4. The summed E-state index contributed by atoms with van der Waals surface area (Å²) in [6, 6.07) is 21.1. The molecule has 0 aliphatic carbocycles. The summed E-state index contributed by atoms with van der Waals surface area (Å²) in [6.45, 7) is 3.31. The van der Waals surface area contributed by atoms with Crippen LogP contribution >= 0.6 is 11.6 Å². The number of halogens is 1. The number of rotatable bonds is 6. The van der Waals surface area contributed by atoms with Crippen molar-refractivity contribution in [2.45, 2.75) is 4.90 Å². The Bertz CT molecular complexity index is 1460. The molecule has 2 heterocycles. The van der Waals surface area contributed by atoms with Gasteiger partial charge in [-0.1, -0.05) is 41.9 Å². The van der Waals surface area contributed by atoms with Crippen LogP contribution in [0.15, 0.2) is 77.7 Å². The van der Waals surface area contributed by atoms with Crippen LogP contribution in [0, 0.1) is 0 Å². The Labute approximate surface area is 209 Å². The molecule has 1 saturated heterocycles. The largest absolute Gasteiger partial charge is 0.507 e. The van der Waals surface area contributed by atoms with E-state index < -0.39 is 9.84 Å². The zero-order valence-corrected chi connectivity index (χ0v) is 20.6. The van der Waals surface area contributed by atoms with Crippen molar-refractivity contribution in [1.29, 1.82) is 0 Å².